The van der Waals surface area contributed by atoms with Gasteiger partial charge in [0.1, 0.15) is 23.5 Å². The number of aliphatic carboxylic acids is 1. The zero-order valence-electron chi connectivity index (χ0n) is 31.7. The minimum Gasteiger partial charge on any atom is -0.481 e. The first-order valence-corrected chi connectivity index (χ1v) is 18.7. The summed E-state index contributed by atoms with van der Waals surface area (Å²) in [5, 5.41) is 12.4. The molecule has 0 spiro atoms. The van der Waals surface area contributed by atoms with Crippen molar-refractivity contribution in [3.8, 4) is 23.0 Å². The second-order valence-corrected chi connectivity index (χ2v) is 15.2. The average Bonchev–Trinajstić information content (AvgIpc) is 3.63. The average molecular weight is 772 g/mol. The molecule has 3 aromatic rings. The predicted octanol–water partition coefficient (Wildman–Crippen LogP) is 8.98. The number of piperidine rings is 1. The van der Waals surface area contributed by atoms with Crippen molar-refractivity contribution in [2.75, 3.05) is 13.1 Å². The Kier molecular flexibility index (Phi) is 12.9. The lowest BCUT2D eigenvalue weighted by molar-refractivity contribution is -0.139. The summed E-state index contributed by atoms with van der Waals surface area (Å²) in [6.07, 6.45) is 0.362. The molecule has 1 saturated heterocycles. The topological polar surface area (TPSA) is 91.6 Å². The zero-order valence-corrected chi connectivity index (χ0v) is 31.7. The molecule has 1 saturated carbocycles. The standard InChI is InChI=1S/C42H47F6N3O4/c1-6-9-27-19-30(37-24(4)17-28(43)18-25(37)5)40(45)38(39(27)44)33(21-36(53)54)49-41(55)34(16-23(2)3)51-22-31(32(20-35(51)52)42(46,47)48)26-12-14-50(15-13-26)29-10-7-8-11-29/h17-20,22-23,26,29,33-34H,7-8,10-16,21H2,1-5H3,(H,49,55)(H,53,54). The summed E-state index contributed by atoms with van der Waals surface area (Å²) in [7, 11) is 0. The molecule has 0 bridgehead atoms. The third-order valence-corrected chi connectivity index (χ3v) is 10.9. The Balaban J connectivity index is 1.59. The lowest BCUT2D eigenvalue weighted by Crippen LogP contribution is -2.42. The molecule has 2 unspecified atom stereocenters. The van der Waals surface area contributed by atoms with Gasteiger partial charge in [0.2, 0.25) is 5.91 Å². The van der Waals surface area contributed by atoms with E-state index in [-0.39, 0.29) is 34.6 Å². The number of aryl methyl sites for hydroxylation is 2. The molecule has 2 aromatic carbocycles. The van der Waals surface area contributed by atoms with Gasteiger partial charge in [-0.25, -0.2) is 13.2 Å². The molecule has 2 aliphatic rings. The Morgan fingerprint density at radius 2 is 1.58 bits per heavy atom. The van der Waals surface area contributed by atoms with Crippen LogP contribution in [0.4, 0.5) is 26.3 Å². The second kappa shape index (κ2) is 17.1. The van der Waals surface area contributed by atoms with E-state index in [0.717, 1.165) is 54.6 Å². The fourth-order valence-corrected chi connectivity index (χ4v) is 8.39. The number of carboxylic acids is 1. The molecule has 1 amide bonds. The highest BCUT2D eigenvalue weighted by molar-refractivity contribution is 5.82. The number of amides is 1. The van der Waals surface area contributed by atoms with Crippen LogP contribution in [0.1, 0.15) is 124 Å². The fraction of sp³-hybridized carbons (Fsp3) is 0.500. The number of carbonyl (C=O) groups is 2. The van der Waals surface area contributed by atoms with Crippen LogP contribution in [-0.2, 0) is 15.8 Å². The highest BCUT2D eigenvalue weighted by atomic mass is 19.4. The lowest BCUT2D eigenvalue weighted by Gasteiger charge is -2.37. The molecule has 1 aliphatic heterocycles. The molecule has 296 valence electrons. The van der Waals surface area contributed by atoms with Gasteiger partial charge in [0.25, 0.3) is 5.56 Å². The Bertz CT molecular complexity index is 2030. The van der Waals surface area contributed by atoms with Crippen LogP contribution in [0.15, 0.2) is 35.3 Å². The molecule has 55 heavy (non-hydrogen) atoms. The minimum atomic E-state index is -4.85. The highest BCUT2D eigenvalue weighted by Gasteiger charge is 2.39. The van der Waals surface area contributed by atoms with Crippen molar-refractivity contribution in [1.29, 1.82) is 0 Å². The molecule has 0 radical (unpaired) electrons. The van der Waals surface area contributed by atoms with E-state index in [1.54, 1.807) is 13.8 Å². The van der Waals surface area contributed by atoms with Crippen LogP contribution >= 0.6 is 0 Å². The van der Waals surface area contributed by atoms with Crippen LogP contribution in [0, 0.1) is 49.1 Å². The molecule has 1 aromatic heterocycles. The van der Waals surface area contributed by atoms with Crippen LogP contribution in [0.5, 0.6) is 0 Å². The third kappa shape index (κ3) is 9.29. The van der Waals surface area contributed by atoms with E-state index in [0.29, 0.717) is 49.2 Å². The van der Waals surface area contributed by atoms with Crippen LogP contribution in [0.25, 0.3) is 11.1 Å². The molecule has 2 fully saturated rings. The van der Waals surface area contributed by atoms with E-state index in [4.69, 9.17) is 0 Å². The van der Waals surface area contributed by atoms with Gasteiger partial charge in [0.05, 0.1) is 23.6 Å². The molecule has 7 nitrogen and oxygen atoms in total. The first kappa shape index (κ1) is 41.6. The van der Waals surface area contributed by atoms with Crippen molar-refractivity contribution < 1.29 is 41.0 Å². The number of aromatic nitrogens is 1. The summed E-state index contributed by atoms with van der Waals surface area (Å²) in [5.74, 6) is -1.30. The van der Waals surface area contributed by atoms with Crippen LogP contribution in [0.2, 0.25) is 0 Å². The number of benzene rings is 2. The third-order valence-electron chi connectivity index (χ3n) is 10.9. The number of hydrogen-bond acceptors (Lipinski definition) is 4. The Morgan fingerprint density at radius 1 is 0.964 bits per heavy atom. The number of likely N-dealkylation sites (tertiary alicyclic amines) is 1. The van der Waals surface area contributed by atoms with E-state index in [1.165, 1.54) is 20.8 Å². The minimum absolute atomic E-state index is 0.0675. The fourth-order valence-electron chi connectivity index (χ4n) is 8.39. The molecule has 13 heteroatoms. The number of nitrogens with one attached hydrogen (secondary N) is 1. The van der Waals surface area contributed by atoms with Gasteiger partial charge in [-0.15, -0.1) is 5.92 Å². The van der Waals surface area contributed by atoms with Crippen molar-refractivity contribution in [3.05, 3.63) is 91.6 Å². The van der Waals surface area contributed by atoms with Crippen molar-refractivity contribution in [3.63, 3.8) is 0 Å². The van der Waals surface area contributed by atoms with E-state index < -0.39 is 76.6 Å². The molecule has 2 N–H and O–H groups in total. The van der Waals surface area contributed by atoms with Gasteiger partial charge < -0.3 is 19.9 Å². The van der Waals surface area contributed by atoms with Gasteiger partial charge in [0, 0.05) is 29.4 Å². The molecule has 5 rings (SSSR count). The maximum Gasteiger partial charge on any atom is 0.416 e. The zero-order chi connectivity index (χ0) is 40.4. The van der Waals surface area contributed by atoms with Crippen LogP contribution < -0.4 is 10.9 Å². The largest absolute Gasteiger partial charge is 0.481 e. The maximum absolute atomic E-state index is 16.7. The number of halogens is 6. The monoisotopic (exact) mass is 771 g/mol. The van der Waals surface area contributed by atoms with Gasteiger partial charge in [-0.3, -0.25) is 14.4 Å². The number of nitrogens with zero attached hydrogens (tertiary/aromatic N) is 2. The summed E-state index contributed by atoms with van der Waals surface area (Å²) in [6, 6.07) is 1.06. The van der Waals surface area contributed by atoms with Crippen LogP contribution in [-0.4, -0.2) is 45.6 Å². The summed E-state index contributed by atoms with van der Waals surface area (Å²) in [4.78, 5) is 42.3. The van der Waals surface area contributed by atoms with Crippen LogP contribution in [0.3, 0.4) is 0 Å². The molecular formula is C42H47F6N3O4. The van der Waals surface area contributed by atoms with E-state index in [2.05, 4.69) is 22.1 Å². The number of carboxylic acid groups (broad SMARTS) is 1. The Hall–Kier alpha value is -4.57. The Labute approximate surface area is 317 Å². The van der Waals surface area contributed by atoms with E-state index in [1.807, 2.05) is 0 Å². The summed E-state index contributed by atoms with van der Waals surface area (Å²) in [6.45, 7) is 9.12. The first-order valence-electron chi connectivity index (χ1n) is 18.7. The van der Waals surface area contributed by atoms with Crippen molar-refractivity contribution >= 4 is 11.9 Å². The lowest BCUT2D eigenvalue weighted by atomic mass is 9.86. The smallest absolute Gasteiger partial charge is 0.416 e. The summed E-state index contributed by atoms with van der Waals surface area (Å²) >= 11 is 0. The maximum atomic E-state index is 16.7. The van der Waals surface area contributed by atoms with Gasteiger partial charge in [-0.1, -0.05) is 32.6 Å². The van der Waals surface area contributed by atoms with Gasteiger partial charge in [0.15, 0.2) is 0 Å². The number of hydrogen-bond donors (Lipinski definition) is 2. The van der Waals surface area contributed by atoms with Crippen molar-refractivity contribution in [2.24, 2.45) is 5.92 Å². The molecule has 2 atom stereocenters. The molecule has 2 heterocycles. The van der Waals surface area contributed by atoms with E-state index >= 15 is 8.78 Å². The van der Waals surface area contributed by atoms with Crippen molar-refractivity contribution in [2.45, 2.75) is 116 Å². The quantitative estimate of drug-likeness (QED) is 0.150. The second-order valence-electron chi connectivity index (χ2n) is 15.2. The predicted molar refractivity (Wildman–Crippen MR) is 197 cm³/mol. The van der Waals surface area contributed by atoms with Gasteiger partial charge in [-0.05, 0) is 118 Å². The number of pyridine rings is 1. The number of alkyl halides is 3. The summed E-state index contributed by atoms with van der Waals surface area (Å²) in [5.41, 5.74) is -2.77. The highest BCUT2D eigenvalue weighted by Crippen LogP contribution is 2.41. The normalized spacial score (nSPS) is 16.9. The molecular weight excluding hydrogens is 724 g/mol. The van der Waals surface area contributed by atoms with E-state index in [9.17, 15) is 37.1 Å². The molecule has 1 aliphatic carbocycles. The van der Waals surface area contributed by atoms with Crippen molar-refractivity contribution in [1.82, 2.24) is 14.8 Å². The summed E-state index contributed by atoms with van der Waals surface area (Å²) < 4.78 is 91.6. The van der Waals surface area contributed by atoms with Gasteiger partial charge >= 0.3 is 12.1 Å². The first-order chi connectivity index (χ1) is 25.9. The van der Waals surface area contributed by atoms with Gasteiger partial charge in [-0.2, -0.15) is 13.2 Å². The Morgan fingerprint density at radius 3 is 2.13 bits per heavy atom. The SMILES string of the molecule is CC#Cc1cc(-c2c(C)cc(F)cc2C)c(F)c(C(CC(=O)O)NC(=O)C(CC(C)C)n2cc(C3CCN(C4CCCC4)CC3)c(C(F)(F)F)cc2=O)c1F. The number of rotatable bonds is 11. The number of carbonyl (C=O) groups excluding carboxylic acids is 1.